The van der Waals surface area contributed by atoms with Gasteiger partial charge < -0.3 is 9.84 Å². The Labute approximate surface area is 129 Å². The van der Waals surface area contributed by atoms with Gasteiger partial charge in [0.15, 0.2) is 0 Å². The Bertz CT molecular complexity index is 449. The van der Waals surface area contributed by atoms with Gasteiger partial charge in [0.2, 0.25) is 0 Å². The van der Waals surface area contributed by atoms with Crippen LogP contribution in [0.4, 0.5) is 0 Å². The molecular weight excluding hydrogens is 320 g/mol. The molecule has 1 heterocycles. The SMILES string of the molecule is CCc1nn(CC)c(CC(O)CC2(OC)CCC2)c1Br. The van der Waals surface area contributed by atoms with Crippen molar-refractivity contribution in [2.24, 2.45) is 0 Å². The summed E-state index contributed by atoms with van der Waals surface area (Å²) < 4.78 is 8.65. The van der Waals surface area contributed by atoms with Gasteiger partial charge in [-0.3, -0.25) is 4.68 Å². The third-order valence-corrected chi connectivity index (χ3v) is 5.34. The minimum atomic E-state index is -0.377. The van der Waals surface area contributed by atoms with Gasteiger partial charge in [-0.15, -0.1) is 0 Å². The number of halogens is 1. The van der Waals surface area contributed by atoms with Crippen LogP contribution in [0.2, 0.25) is 0 Å². The van der Waals surface area contributed by atoms with Gasteiger partial charge in [-0.2, -0.15) is 5.10 Å². The van der Waals surface area contributed by atoms with Gasteiger partial charge in [-0.25, -0.2) is 0 Å². The molecule has 1 aromatic heterocycles. The van der Waals surface area contributed by atoms with Crippen molar-refractivity contribution >= 4 is 15.9 Å². The Hall–Kier alpha value is -0.390. The lowest BCUT2D eigenvalue weighted by Crippen LogP contribution is -2.42. The first kappa shape index (κ1) is 16.0. The first-order chi connectivity index (χ1) is 9.55. The summed E-state index contributed by atoms with van der Waals surface area (Å²) >= 11 is 3.63. The second-order valence-electron chi connectivity index (χ2n) is 5.68. The molecule has 2 rings (SSSR count). The Balaban J connectivity index is 2.07. The first-order valence-corrected chi connectivity index (χ1v) is 8.31. The highest BCUT2D eigenvalue weighted by Crippen LogP contribution is 2.39. The number of aliphatic hydroxyl groups excluding tert-OH is 1. The van der Waals surface area contributed by atoms with Crippen LogP contribution >= 0.6 is 15.9 Å². The second kappa shape index (κ2) is 6.58. The molecule has 1 N–H and O–H groups in total. The summed E-state index contributed by atoms with van der Waals surface area (Å²) in [7, 11) is 1.76. The lowest BCUT2D eigenvalue weighted by atomic mass is 9.75. The summed E-state index contributed by atoms with van der Waals surface area (Å²) in [6, 6.07) is 0. The van der Waals surface area contributed by atoms with Crippen LogP contribution < -0.4 is 0 Å². The van der Waals surface area contributed by atoms with E-state index >= 15 is 0 Å². The summed E-state index contributed by atoms with van der Waals surface area (Å²) in [5.41, 5.74) is 2.08. The van der Waals surface area contributed by atoms with Crippen LogP contribution in [-0.2, 0) is 24.1 Å². The topological polar surface area (TPSA) is 47.3 Å². The fraction of sp³-hybridized carbons (Fsp3) is 0.800. The van der Waals surface area contributed by atoms with Crippen LogP contribution in [0, 0.1) is 0 Å². The van der Waals surface area contributed by atoms with E-state index in [2.05, 4.69) is 34.9 Å². The quantitative estimate of drug-likeness (QED) is 0.826. The first-order valence-electron chi connectivity index (χ1n) is 7.52. The molecule has 1 unspecified atom stereocenters. The zero-order valence-electron chi connectivity index (χ0n) is 12.7. The minimum Gasteiger partial charge on any atom is -0.393 e. The van der Waals surface area contributed by atoms with E-state index < -0.39 is 0 Å². The molecule has 0 radical (unpaired) electrons. The Morgan fingerprint density at radius 3 is 2.60 bits per heavy atom. The van der Waals surface area contributed by atoms with E-state index in [1.54, 1.807) is 7.11 Å². The van der Waals surface area contributed by atoms with Crippen LogP contribution in [0.5, 0.6) is 0 Å². The number of nitrogens with zero attached hydrogens (tertiary/aromatic N) is 2. The molecular formula is C15H25BrN2O2. The number of hydrogen-bond acceptors (Lipinski definition) is 3. The molecule has 0 aliphatic heterocycles. The molecule has 0 amide bonds. The van der Waals surface area contributed by atoms with Crippen molar-refractivity contribution in [1.29, 1.82) is 0 Å². The van der Waals surface area contributed by atoms with Crippen LogP contribution in [-0.4, -0.2) is 33.7 Å². The molecule has 1 saturated carbocycles. The third kappa shape index (κ3) is 3.10. The zero-order valence-corrected chi connectivity index (χ0v) is 14.2. The average molecular weight is 345 g/mol. The van der Waals surface area contributed by atoms with Crippen molar-refractivity contribution in [3.8, 4) is 0 Å². The van der Waals surface area contributed by atoms with Crippen molar-refractivity contribution in [2.45, 2.75) is 70.6 Å². The maximum atomic E-state index is 10.4. The van der Waals surface area contributed by atoms with E-state index in [4.69, 9.17) is 4.74 Å². The van der Waals surface area contributed by atoms with Crippen molar-refractivity contribution in [1.82, 2.24) is 9.78 Å². The fourth-order valence-corrected chi connectivity index (χ4v) is 3.73. The summed E-state index contributed by atoms with van der Waals surface area (Å²) in [4.78, 5) is 0. The van der Waals surface area contributed by atoms with Gasteiger partial charge in [0.05, 0.1) is 27.6 Å². The van der Waals surface area contributed by atoms with E-state index in [1.807, 2.05) is 4.68 Å². The van der Waals surface area contributed by atoms with Crippen molar-refractivity contribution in [3.05, 3.63) is 15.9 Å². The van der Waals surface area contributed by atoms with Gasteiger partial charge in [-0.05, 0) is 48.5 Å². The maximum absolute atomic E-state index is 10.4. The highest BCUT2D eigenvalue weighted by atomic mass is 79.9. The Morgan fingerprint density at radius 2 is 2.15 bits per heavy atom. The largest absolute Gasteiger partial charge is 0.393 e. The van der Waals surface area contributed by atoms with E-state index in [9.17, 15) is 5.11 Å². The summed E-state index contributed by atoms with van der Waals surface area (Å²) in [5.74, 6) is 0. The number of rotatable bonds is 7. The lowest BCUT2D eigenvalue weighted by Gasteiger charge is -2.41. The average Bonchev–Trinajstić information content (AvgIpc) is 2.70. The molecule has 5 heteroatoms. The summed E-state index contributed by atoms with van der Waals surface area (Å²) in [6.45, 7) is 5.01. The number of aromatic nitrogens is 2. The standard InChI is InChI=1S/C15H25BrN2O2/c1-4-12-14(16)13(18(5-2)17-12)9-11(19)10-15(20-3)7-6-8-15/h11,19H,4-10H2,1-3H3. The van der Waals surface area contributed by atoms with E-state index in [1.165, 1.54) is 6.42 Å². The number of aryl methyl sites for hydroxylation is 2. The summed E-state index contributed by atoms with van der Waals surface area (Å²) in [6.07, 6.45) is 5.21. The van der Waals surface area contributed by atoms with Gasteiger partial charge in [-0.1, -0.05) is 6.92 Å². The number of hydrogen-bond donors (Lipinski definition) is 1. The monoisotopic (exact) mass is 344 g/mol. The van der Waals surface area contributed by atoms with Crippen LogP contribution in [0.3, 0.4) is 0 Å². The highest BCUT2D eigenvalue weighted by molar-refractivity contribution is 9.10. The molecule has 1 fully saturated rings. The van der Waals surface area contributed by atoms with Gasteiger partial charge in [0, 0.05) is 26.5 Å². The van der Waals surface area contributed by atoms with Crippen LogP contribution in [0.25, 0.3) is 0 Å². The molecule has 0 spiro atoms. The number of ether oxygens (including phenoxy) is 1. The Morgan fingerprint density at radius 1 is 1.45 bits per heavy atom. The number of methoxy groups -OCH3 is 1. The maximum Gasteiger partial charge on any atom is 0.0766 e. The van der Waals surface area contributed by atoms with E-state index in [0.717, 1.165) is 41.7 Å². The molecule has 114 valence electrons. The fourth-order valence-electron chi connectivity index (χ4n) is 3.00. The lowest BCUT2D eigenvalue weighted by molar-refractivity contribution is -0.0991. The predicted molar refractivity (Wildman–Crippen MR) is 82.9 cm³/mol. The normalized spacial score (nSPS) is 18.9. The summed E-state index contributed by atoms with van der Waals surface area (Å²) in [5, 5.41) is 15.0. The molecule has 0 saturated heterocycles. The zero-order chi connectivity index (χ0) is 14.8. The molecule has 1 aliphatic rings. The molecule has 0 bridgehead atoms. The van der Waals surface area contributed by atoms with Gasteiger partial charge in [0.25, 0.3) is 0 Å². The molecule has 20 heavy (non-hydrogen) atoms. The van der Waals surface area contributed by atoms with Gasteiger partial charge >= 0.3 is 0 Å². The molecule has 0 aromatic carbocycles. The highest BCUT2D eigenvalue weighted by Gasteiger charge is 2.39. The van der Waals surface area contributed by atoms with Crippen molar-refractivity contribution in [2.75, 3.05) is 7.11 Å². The predicted octanol–water partition coefficient (Wildman–Crippen LogP) is 3.09. The van der Waals surface area contributed by atoms with Crippen LogP contribution in [0.15, 0.2) is 4.47 Å². The molecule has 1 aliphatic carbocycles. The van der Waals surface area contributed by atoms with Crippen molar-refractivity contribution in [3.63, 3.8) is 0 Å². The number of aliphatic hydroxyl groups is 1. The molecule has 4 nitrogen and oxygen atoms in total. The van der Waals surface area contributed by atoms with Crippen LogP contribution in [0.1, 0.15) is 50.9 Å². The smallest absolute Gasteiger partial charge is 0.0766 e. The molecule has 1 aromatic rings. The van der Waals surface area contributed by atoms with Gasteiger partial charge in [0.1, 0.15) is 0 Å². The minimum absolute atomic E-state index is 0.0868. The molecule has 1 atom stereocenters. The van der Waals surface area contributed by atoms with E-state index in [-0.39, 0.29) is 11.7 Å². The second-order valence-corrected chi connectivity index (χ2v) is 6.47. The van der Waals surface area contributed by atoms with E-state index in [0.29, 0.717) is 12.8 Å². The third-order valence-electron chi connectivity index (χ3n) is 4.43. The Kier molecular flexibility index (Phi) is 5.26. The van der Waals surface area contributed by atoms with Crippen molar-refractivity contribution < 1.29 is 9.84 Å².